The van der Waals surface area contributed by atoms with E-state index in [1.165, 1.54) is 35.1 Å². The second kappa shape index (κ2) is 4.78. The van der Waals surface area contributed by atoms with Crippen LogP contribution in [0.15, 0.2) is 24.3 Å². The first-order valence-electron chi connectivity index (χ1n) is 9.72. The Balaban J connectivity index is 2.09. The molecular formula is C25H32. The fraction of sp³-hybridized carbons (Fsp3) is 0.520. The van der Waals surface area contributed by atoms with Crippen LogP contribution in [0.4, 0.5) is 0 Å². The summed E-state index contributed by atoms with van der Waals surface area (Å²) in [4.78, 5) is 0. The molecule has 0 amide bonds. The predicted molar refractivity (Wildman–Crippen MR) is 108 cm³/mol. The number of hydrogen-bond acceptors (Lipinski definition) is 0. The van der Waals surface area contributed by atoms with E-state index >= 15 is 0 Å². The molecule has 0 N–H and O–H groups in total. The molecule has 2 aliphatic carbocycles. The molecule has 25 heavy (non-hydrogen) atoms. The summed E-state index contributed by atoms with van der Waals surface area (Å²) in [7, 11) is 0. The van der Waals surface area contributed by atoms with Crippen LogP contribution in [0.5, 0.6) is 0 Å². The molecular weight excluding hydrogens is 300 g/mol. The van der Waals surface area contributed by atoms with Gasteiger partial charge in [-0.3, -0.25) is 0 Å². The highest BCUT2D eigenvalue weighted by Crippen LogP contribution is 2.63. The van der Waals surface area contributed by atoms with Gasteiger partial charge in [0.15, 0.2) is 0 Å². The summed E-state index contributed by atoms with van der Waals surface area (Å²) in [6.07, 6.45) is 2.47. The van der Waals surface area contributed by atoms with Crippen molar-refractivity contribution in [3.8, 4) is 0 Å². The van der Waals surface area contributed by atoms with Gasteiger partial charge in [-0.25, -0.2) is 0 Å². The van der Waals surface area contributed by atoms with Crippen molar-refractivity contribution >= 4 is 0 Å². The van der Waals surface area contributed by atoms with Crippen molar-refractivity contribution in [1.82, 2.24) is 0 Å². The lowest BCUT2D eigenvalue weighted by Crippen LogP contribution is -2.27. The van der Waals surface area contributed by atoms with E-state index in [2.05, 4.69) is 79.7 Å². The zero-order valence-electron chi connectivity index (χ0n) is 17.2. The zero-order valence-corrected chi connectivity index (χ0v) is 17.2. The van der Waals surface area contributed by atoms with Crippen LogP contribution in [0, 0.1) is 27.7 Å². The van der Waals surface area contributed by atoms with Crippen LogP contribution < -0.4 is 0 Å². The van der Waals surface area contributed by atoms with Crippen molar-refractivity contribution in [3.63, 3.8) is 0 Å². The largest absolute Gasteiger partial charge is 0.0561 e. The Morgan fingerprint density at radius 1 is 0.600 bits per heavy atom. The molecule has 2 aromatic rings. The summed E-state index contributed by atoms with van der Waals surface area (Å²) in [5, 5.41) is 0. The molecule has 0 saturated carbocycles. The standard InChI is InChI=1S/C25H32/c1-15-9-18(4)22-21(10-15)24(7,8)14-25(22)13-23(5,6)19-11-16(2)17(3)12-20(19)25/h9-12H,13-14H2,1-8H3. The Labute approximate surface area is 153 Å². The maximum Gasteiger partial charge on any atom is 0.0228 e. The van der Waals surface area contributed by atoms with Crippen LogP contribution in [0.2, 0.25) is 0 Å². The zero-order chi connectivity index (χ0) is 18.4. The van der Waals surface area contributed by atoms with Crippen LogP contribution in [0.25, 0.3) is 0 Å². The van der Waals surface area contributed by atoms with E-state index in [4.69, 9.17) is 0 Å². The molecule has 1 unspecified atom stereocenters. The van der Waals surface area contributed by atoms with Crippen molar-refractivity contribution < 1.29 is 0 Å². The van der Waals surface area contributed by atoms with Gasteiger partial charge in [0.05, 0.1) is 0 Å². The SMILES string of the molecule is Cc1cc(C)c2c(c1)C(C)(C)CC21CC(C)(C)c2cc(C)c(C)cc21. The monoisotopic (exact) mass is 332 g/mol. The number of aryl methyl sites for hydroxylation is 4. The molecule has 0 fully saturated rings. The van der Waals surface area contributed by atoms with Gasteiger partial charge in [0.25, 0.3) is 0 Å². The number of rotatable bonds is 0. The van der Waals surface area contributed by atoms with Gasteiger partial charge < -0.3 is 0 Å². The topological polar surface area (TPSA) is 0 Å². The van der Waals surface area contributed by atoms with Crippen molar-refractivity contribution in [3.05, 3.63) is 68.8 Å². The van der Waals surface area contributed by atoms with Crippen LogP contribution >= 0.6 is 0 Å². The van der Waals surface area contributed by atoms with Crippen LogP contribution in [-0.2, 0) is 16.2 Å². The third-order valence-electron chi connectivity index (χ3n) is 7.05. The van der Waals surface area contributed by atoms with E-state index in [1.54, 1.807) is 22.3 Å². The summed E-state index contributed by atoms with van der Waals surface area (Å²) in [5.74, 6) is 0. The minimum absolute atomic E-state index is 0.188. The molecule has 2 aromatic carbocycles. The Bertz CT molecular complexity index is 891. The second-order valence-electron chi connectivity index (χ2n) is 10.2. The first-order chi connectivity index (χ1) is 11.5. The Morgan fingerprint density at radius 2 is 1.12 bits per heavy atom. The van der Waals surface area contributed by atoms with Crippen molar-refractivity contribution in [2.45, 2.75) is 84.5 Å². The summed E-state index contributed by atoms with van der Waals surface area (Å²) in [5.41, 5.74) is 12.8. The quantitative estimate of drug-likeness (QED) is 0.512. The Hall–Kier alpha value is -1.56. The highest BCUT2D eigenvalue weighted by atomic mass is 14.6. The third kappa shape index (κ3) is 2.12. The molecule has 0 aromatic heterocycles. The first kappa shape index (κ1) is 16.9. The minimum atomic E-state index is 0.188. The first-order valence-corrected chi connectivity index (χ1v) is 9.72. The van der Waals surface area contributed by atoms with Gasteiger partial charge >= 0.3 is 0 Å². The molecule has 0 saturated heterocycles. The lowest BCUT2D eigenvalue weighted by atomic mass is 9.71. The molecule has 0 nitrogen and oxygen atoms in total. The van der Waals surface area contributed by atoms with E-state index < -0.39 is 0 Å². The van der Waals surface area contributed by atoms with Crippen molar-refractivity contribution in [2.75, 3.05) is 0 Å². The van der Waals surface area contributed by atoms with Gasteiger partial charge in [0, 0.05) is 5.41 Å². The minimum Gasteiger partial charge on any atom is -0.0561 e. The molecule has 0 bridgehead atoms. The molecule has 4 rings (SSSR count). The van der Waals surface area contributed by atoms with Crippen molar-refractivity contribution in [2.24, 2.45) is 0 Å². The van der Waals surface area contributed by atoms with E-state index in [-0.39, 0.29) is 16.2 Å². The molecule has 1 spiro atoms. The van der Waals surface area contributed by atoms with E-state index in [0.29, 0.717) is 0 Å². The summed E-state index contributed by atoms with van der Waals surface area (Å²) < 4.78 is 0. The average molecular weight is 333 g/mol. The van der Waals surface area contributed by atoms with Gasteiger partial charge in [0.1, 0.15) is 0 Å². The molecule has 1 atom stereocenters. The summed E-state index contributed by atoms with van der Waals surface area (Å²) in [6, 6.07) is 9.86. The molecule has 2 aliphatic rings. The smallest absolute Gasteiger partial charge is 0.0228 e. The maximum atomic E-state index is 2.52. The van der Waals surface area contributed by atoms with Gasteiger partial charge in [0.2, 0.25) is 0 Å². The third-order valence-corrected chi connectivity index (χ3v) is 7.05. The molecule has 0 radical (unpaired) electrons. The van der Waals surface area contributed by atoms with Crippen molar-refractivity contribution in [1.29, 1.82) is 0 Å². The number of benzene rings is 2. The van der Waals surface area contributed by atoms with E-state index in [9.17, 15) is 0 Å². The summed E-state index contributed by atoms with van der Waals surface area (Å²) >= 11 is 0. The van der Waals surface area contributed by atoms with Crippen LogP contribution in [0.3, 0.4) is 0 Å². The summed E-state index contributed by atoms with van der Waals surface area (Å²) in [6.45, 7) is 18.9. The molecule has 0 heterocycles. The predicted octanol–water partition coefficient (Wildman–Crippen LogP) is 6.57. The molecule has 132 valence electrons. The fourth-order valence-electron chi connectivity index (χ4n) is 6.17. The van der Waals surface area contributed by atoms with Gasteiger partial charge in [-0.1, -0.05) is 57.5 Å². The normalized spacial score (nSPS) is 25.3. The van der Waals surface area contributed by atoms with Crippen LogP contribution in [0.1, 0.15) is 85.0 Å². The lowest BCUT2D eigenvalue weighted by molar-refractivity contribution is 0.349. The molecule has 0 aliphatic heterocycles. The molecule has 0 heteroatoms. The Morgan fingerprint density at radius 3 is 1.72 bits per heavy atom. The van der Waals surface area contributed by atoms with E-state index in [1.807, 2.05) is 0 Å². The fourth-order valence-corrected chi connectivity index (χ4v) is 6.17. The van der Waals surface area contributed by atoms with Gasteiger partial charge in [-0.2, -0.15) is 0 Å². The number of hydrogen-bond donors (Lipinski definition) is 0. The van der Waals surface area contributed by atoms with Crippen LogP contribution in [-0.4, -0.2) is 0 Å². The van der Waals surface area contributed by atoms with Gasteiger partial charge in [-0.15, -0.1) is 0 Å². The second-order valence-corrected chi connectivity index (χ2v) is 10.2. The highest BCUT2D eigenvalue weighted by Gasteiger charge is 2.56. The average Bonchev–Trinajstić information content (AvgIpc) is 2.80. The van der Waals surface area contributed by atoms with E-state index in [0.717, 1.165) is 0 Å². The lowest BCUT2D eigenvalue weighted by Gasteiger charge is -2.31. The Kier molecular flexibility index (Phi) is 3.23. The number of fused-ring (bicyclic) bond motifs is 4. The van der Waals surface area contributed by atoms with Gasteiger partial charge in [-0.05, 0) is 90.3 Å². The maximum absolute atomic E-state index is 2.52. The highest BCUT2D eigenvalue weighted by molar-refractivity contribution is 5.63.